The van der Waals surface area contributed by atoms with E-state index in [0.717, 1.165) is 51.9 Å². The van der Waals surface area contributed by atoms with E-state index < -0.39 is 0 Å². The lowest BCUT2D eigenvalue weighted by Crippen LogP contribution is -2.45. The molecule has 1 rings (SSSR count). The Morgan fingerprint density at radius 3 is 1.41 bits per heavy atom. The molecule has 162 valence electrons. The lowest BCUT2D eigenvalue weighted by Gasteiger charge is -2.34. The van der Waals surface area contributed by atoms with Crippen molar-refractivity contribution in [2.24, 2.45) is 0 Å². The molecule has 1 heterocycles. The van der Waals surface area contributed by atoms with Crippen molar-refractivity contribution in [2.45, 2.75) is 50.6 Å². The Kier molecular flexibility index (Phi) is 12.6. The molecule has 0 spiro atoms. The van der Waals surface area contributed by atoms with Gasteiger partial charge in [0, 0.05) is 54.6 Å². The first-order chi connectivity index (χ1) is 13.0. The van der Waals surface area contributed by atoms with Crippen LogP contribution in [-0.4, -0.2) is 115 Å². The Morgan fingerprint density at radius 1 is 0.593 bits per heavy atom. The Morgan fingerprint density at radius 2 is 1.00 bits per heavy atom. The van der Waals surface area contributed by atoms with Gasteiger partial charge in [0.1, 0.15) is 24.9 Å². The summed E-state index contributed by atoms with van der Waals surface area (Å²) in [6.07, 6.45) is 3.91. The number of nitrogens with zero attached hydrogens (tertiary/aromatic N) is 3. The second-order valence-corrected chi connectivity index (χ2v) is 7.35. The fourth-order valence-electron chi connectivity index (χ4n) is 3.61. The van der Waals surface area contributed by atoms with Gasteiger partial charge in [0.05, 0.1) is 0 Å². The number of hydrogen-bond acceptors (Lipinski definition) is 8. The molecule has 0 aromatic rings. The van der Waals surface area contributed by atoms with Crippen molar-refractivity contribution in [3.63, 3.8) is 0 Å². The van der Waals surface area contributed by atoms with Gasteiger partial charge in [-0.1, -0.05) is 0 Å². The summed E-state index contributed by atoms with van der Waals surface area (Å²) in [5.74, 6) is 0. The fourth-order valence-corrected chi connectivity index (χ4v) is 3.61. The molecule has 1 aliphatic heterocycles. The SMILES string of the molecule is COC1CCN(C)C(OC)CCN(C)C(OC)CCN(C)C(OC)CCN1. The highest BCUT2D eigenvalue weighted by Crippen LogP contribution is 2.12. The Labute approximate surface area is 166 Å². The molecule has 4 atom stereocenters. The summed E-state index contributed by atoms with van der Waals surface area (Å²) in [7, 11) is 13.4. The molecule has 0 bridgehead atoms. The van der Waals surface area contributed by atoms with E-state index in [9.17, 15) is 0 Å². The van der Waals surface area contributed by atoms with Crippen LogP contribution in [-0.2, 0) is 18.9 Å². The fraction of sp³-hybridized carbons (Fsp3) is 1.00. The third-order valence-electron chi connectivity index (χ3n) is 5.54. The maximum atomic E-state index is 5.72. The van der Waals surface area contributed by atoms with Crippen LogP contribution in [0.25, 0.3) is 0 Å². The van der Waals surface area contributed by atoms with Crippen LogP contribution in [0.15, 0.2) is 0 Å². The standard InChI is InChI=1S/C19H42N4O4/c1-21-13-9-16(24-4)20-12-8-17(25-5)22(2)14-10-19(27-7)23(3)15-11-18(21)26-6/h16-20H,8-15H2,1-7H3. The topological polar surface area (TPSA) is 58.7 Å². The van der Waals surface area contributed by atoms with Crippen LogP contribution in [0, 0.1) is 0 Å². The molecular formula is C19H42N4O4. The smallest absolute Gasteiger partial charge is 0.111 e. The van der Waals surface area contributed by atoms with Gasteiger partial charge in [0.25, 0.3) is 0 Å². The Bertz CT molecular complexity index is 378. The van der Waals surface area contributed by atoms with Crippen LogP contribution < -0.4 is 5.32 Å². The van der Waals surface area contributed by atoms with Crippen LogP contribution in [0.1, 0.15) is 25.7 Å². The summed E-state index contributed by atoms with van der Waals surface area (Å²) in [5.41, 5.74) is 0. The van der Waals surface area contributed by atoms with Crippen LogP contribution >= 0.6 is 0 Å². The van der Waals surface area contributed by atoms with Crippen molar-refractivity contribution < 1.29 is 18.9 Å². The number of nitrogens with one attached hydrogen (secondary N) is 1. The summed E-state index contributed by atoms with van der Waals surface area (Å²) in [4.78, 5) is 6.77. The molecule has 0 saturated carbocycles. The third kappa shape index (κ3) is 8.70. The van der Waals surface area contributed by atoms with Gasteiger partial charge in [-0.05, 0) is 46.8 Å². The predicted octanol–water partition coefficient (Wildman–Crippen LogP) is 0.835. The highest BCUT2D eigenvalue weighted by atomic mass is 16.5. The third-order valence-corrected chi connectivity index (χ3v) is 5.54. The van der Waals surface area contributed by atoms with E-state index in [1.165, 1.54) is 0 Å². The van der Waals surface area contributed by atoms with Crippen molar-refractivity contribution in [2.75, 3.05) is 75.8 Å². The van der Waals surface area contributed by atoms with Gasteiger partial charge < -0.3 is 18.9 Å². The van der Waals surface area contributed by atoms with Crippen molar-refractivity contribution in [3.8, 4) is 0 Å². The lowest BCUT2D eigenvalue weighted by molar-refractivity contribution is -0.0722. The zero-order chi connectivity index (χ0) is 20.2. The van der Waals surface area contributed by atoms with Crippen LogP contribution in [0.4, 0.5) is 0 Å². The zero-order valence-corrected chi connectivity index (χ0v) is 18.4. The second-order valence-electron chi connectivity index (χ2n) is 7.35. The Balaban J connectivity index is 2.80. The molecule has 1 aliphatic rings. The van der Waals surface area contributed by atoms with Gasteiger partial charge in [-0.15, -0.1) is 0 Å². The van der Waals surface area contributed by atoms with Gasteiger partial charge in [-0.3, -0.25) is 20.0 Å². The first-order valence-corrected chi connectivity index (χ1v) is 9.92. The van der Waals surface area contributed by atoms with Crippen molar-refractivity contribution in [1.82, 2.24) is 20.0 Å². The van der Waals surface area contributed by atoms with Crippen LogP contribution in [0.2, 0.25) is 0 Å². The van der Waals surface area contributed by atoms with Crippen molar-refractivity contribution in [1.29, 1.82) is 0 Å². The highest BCUT2D eigenvalue weighted by molar-refractivity contribution is 4.70. The molecule has 0 aliphatic carbocycles. The van der Waals surface area contributed by atoms with Gasteiger partial charge in [0.2, 0.25) is 0 Å². The van der Waals surface area contributed by atoms with Crippen LogP contribution in [0.3, 0.4) is 0 Å². The highest BCUT2D eigenvalue weighted by Gasteiger charge is 2.22. The molecule has 1 N–H and O–H groups in total. The quantitative estimate of drug-likeness (QED) is 0.758. The number of methoxy groups -OCH3 is 4. The molecule has 0 aromatic carbocycles. The molecule has 0 aromatic heterocycles. The van der Waals surface area contributed by atoms with Crippen molar-refractivity contribution in [3.05, 3.63) is 0 Å². The summed E-state index contributed by atoms with van der Waals surface area (Å²) in [5, 5.41) is 3.49. The van der Waals surface area contributed by atoms with Gasteiger partial charge in [0.15, 0.2) is 0 Å². The van der Waals surface area contributed by atoms with E-state index in [1.807, 2.05) is 0 Å². The molecular weight excluding hydrogens is 348 g/mol. The van der Waals surface area contributed by atoms with E-state index >= 15 is 0 Å². The van der Waals surface area contributed by atoms with Crippen molar-refractivity contribution >= 4 is 0 Å². The molecule has 0 radical (unpaired) electrons. The van der Waals surface area contributed by atoms with E-state index in [1.54, 1.807) is 28.4 Å². The number of ether oxygens (including phenoxy) is 4. The van der Waals surface area contributed by atoms with Gasteiger partial charge in [-0.25, -0.2) is 0 Å². The van der Waals surface area contributed by atoms with E-state index in [0.29, 0.717) is 0 Å². The average molecular weight is 391 g/mol. The molecule has 0 amide bonds. The van der Waals surface area contributed by atoms with Gasteiger partial charge >= 0.3 is 0 Å². The van der Waals surface area contributed by atoms with E-state index in [2.05, 4.69) is 41.2 Å². The average Bonchev–Trinajstić information content (AvgIpc) is 2.67. The predicted molar refractivity (Wildman–Crippen MR) is 108 cm³/mol. The van der Waals surface area contributed by atoms with Gasteiger partial charge in [-0.2, -0.15) is 0 Å². The lowest BCUT2D eigenvalue weighted by atomic mass is 10.2. The largest absolute Gasteiger partial charge is 0.367 e. The first kappa shape index (κ1) is 24.7. The molecule has 8 nitrogen and oxygen atoms in total. The maximum absolute atomic E-state index is 5.72. The minimum atomic E-state index is 0.0289. The second kappa shape index (κ2) is 13.8. The molecule has 27 heavy (non-hydrogen) atoms. The number of hydrogen-bond donors (Lipinski definition) is 1. The summed E-state index contributed by atoms with van der Waals surface area (Å²) < 4.78 is 22.7. The normalized spacial score (nSPS) is 32.6. The van der Waals surface area contributed by atoms with E-state index in [-0.39, 0.29) is 24.9 Å². The zero-order valence-electron chi connectivity index (χ0n) is 18.4. The monoisotopic (exact) mass is 390 g/mol. The molecule has 8 heteroatoms. The minimum absolute atomic E-state index is 0.0289. The first-order valence-electron chi connectivity index (χ1n) is 9.92. The molecule has 1 fully saturated rings. The maximum Gasteiger partial charge on any atom is 0.111 e. The molecule has 4 unspecified atom stereocenters. The van der Waals surface area contributed by atoms with Crippen LogP contribution in [0.5, 0.6) is 0 Å². The Hall–Kier alpha value is -0.320. The number of rotatable bonds is 4. The summed E-state index contributed by atoms with van der Waals surface area (Å²) >= 11 is 0. The molecule has 1 saturated heterocycles. The minimum Gasteiger partial charge on any atom is -0.367 e. The summed E-state index contributed by atoms with van der Waals surface area (Å²) in [6, 6.07) is 0. The summed E-state index contributed by atoms with van der Waals surface area (Å²) in [6.45, 7) is 3.55. The van der Waals surface area contributed by atoms with E-state index in [4.69, 9.17) is 18.9 Å².